The zero-order chi connectivity index (χ0) is 17.0. The van der Waals surface area contributed by atoms with Gasteiger partial charge in [-0.1, -0.05) is 18.2 Å². The molecule has 7 nitrogen and oxygen atoms in total. The largest absolute Gasteiger partial charge is 0.457 e. The summed E-state index contributed by atoms with van der Waals surface area (Å²) in [5, 5.41) is 13.5. The lowest BCUT2D eigenvalue weighted by molar-refractivity contribution is -0.384. The lowest BCUT2D eigenvalue weighted by Crippen LogP contribution is -2.12. The highest BCUT2D eigenvalue weighted by molar-refractivity contribution is 5.88. The van der Waals surface area contributed by atoms with Crippen LogP contribution in [0.3, 0.4) is 0 Å². The van der Waals surface area contributed by atoms with Gasteiger partial charge in [-0.05, 0) is 37.1 Å². The molecule has 0 atom stereocenters. The van der Waals surface area contributed by atoms with Gasteiger partial charge in [-0.15, -0.1) is 0 Å². The Bertz CT molecular complexity index is 738. The lowest BCUT2D eigenvalue weighted by Gasteiger charge is -2.12. The Morgan fingerprint density at radius 2 is 1.83 bits per heavy atom. The zero-order valence-corrected chi connectivity index (χ0v) is 13.0. The van der Waals surface area contributed by atoms with Gasteiger partial charge >= 0.3 is 6.09 Å². The number of hydrogen-bond donors (Lipinski definition) is 1. The van der Waals surface area contributed by atoms with Crippen LogP contribution in [0.15, 0.2) is 36.4 Å². The van der Waals surface area contributed by atoms with Crippen molar-refractivity contribution in [3.8, 4) is 11.5 Å². The molecule has 0 saturated heterocycles. The van der Waals surface area contributed by atoms with Gasteiger partial charge in [0.25, 0.3) is 5.69 Å². The molecule has 2 aromatic rings. The van der Waals surface area contributed by atoms with Crippen molar-refractivity contribution in [1.29, 1.82) is 0 Å². The molecule has 1 N–H and O–H groups in total. The summed E-state index contributed by atoms with van der Waals surface area (Å²) in [6.45, 7) is 3.79. The molecule has 0 spiro atoms. The topological polar surface area (TPSA) is 90.7 Å². The summed E-state index contributed by atoms with van der Waals surface area (Å²) in [6, 6.07) is 9.90. The third-order valence-electron chi connectivity index (χ3n) is 3.22. The normalized spacial score (nSPS) is 10.0. The summed E-state index contributed by atoms with van der Waals surface area (Å²) in [4.78, 5) is 21.8. The Hall–Kier alpha value is -3.09. The van der Waals surface area contributed by atoms with Gasteiger partial charge in [-0.2, -0.15) is 0 Å². The van der Waals surface area contributed by atoms with Crippen LogP contribution < -0.4 is 10.1 Å². The Balaban J connectivity index is 2.36. The quantitative estimate of drug-likeness (QED) is 0.675. The fourth-order valence-corrected chi connectivity index (χ4v) is 2.07. The maximum atomic E-state index is 11.2. The summed E-state index contributed by atoms with van der Waals surface area (Å²) >= 11 is 0. The molecule has 120 valence electrons. The minimum atomic E-state index is -0.781. The molecule has 2 aromatic carbocycles. The minimum Gasteiger partial charge on any atom is -0.457 e. The van der Waals surface area contributed by atoms with E-state index in [-0.39, 0.29) is 11.4 Å². The van der Waals surface area contributed by atoms with Crippen molar-refractivity contribution >= 4 is 17.5 Å². The van der Waals surface area contributed by atoms with Gasteiger partial charge in [0.2, 0.25) is 0 Å². The third-order valence-corrected chi connectivity index (χ3v) is 3.22. The van der Waals surface area contributed by atoms with Crippen LogP contribution in [0.4, 0.5) is 16.2 Å². The van der Waals surface area contributed by atoms with E-state index >= 15 is 0 Å². The predicted molar refractivity (Wildman–Crippen MR) is 85.1 cm³/mol. The number of rotatable bonds is 4. The SMILES string of the molecule is COC(=O)Nc1ccc(Oc2c(C)cccc2C)cc1[N+](=O)[O-]. The highest BCUT2D eigenvalue weighted by atomic mass is 16.6. The number of carbonyl (C=O) groups is 1. The molecule has 7 heteroatoms. The van der Waals surface area contributed by atoms with E-state index < -0.39 is 11.0 Å². The van der Waals surface area contributed by atoms with E-state index in [1.54, 1.807) is 6.07 Å². The Kier molecular flexibility index (Phi) is 4.80. The van der Waals surface area contributed by atoms with Crippen LogP contribution in [-0.4, -0.2) is 18.1 Å². The van der Waals surface area contributed by atoms with Crippen molar-refractivity contribution in [2.24, 2.45) is 0 Å². The molecule has 2 rings (SSSR count). The molecule has 0 radical (unpaired) electrons. The first-order valence-electron chi connectivity index (χ1n) is 6.80. The second-order valence-electron chi connectivity index (χ2n) is 4.88. The molecule has 0 bridgehead atoms. The molecular formula is C16H16N2O5. The Labute approximate surface area is 133 Å². The monoisotopic (exact) mass is 316 g/mol. The second-order valence-corrected chi connectivity index (χ2v) is 4.88. The maximum absolute atomic E-state index is 11.2. The first-order chi connectivity index (χ1) is 10.9. The highest BCUT2D eigenvalue weighted by Crippen LogP contribution is 2.34. The summed E-state index contributed by atoms with van der Waals surface area (Å²) < 4.78 is 10.2. The second kappa shape index (κ2) is 6.78. The first-order valence-corrected chi connectivity index (χ1v) is 6.80. The fourth-order valence-electron chi connectivity index (χ4n) is 2.07. The van der Waals surface area contributed by atoms with Crippen LogP contribution in [-0.2, 0) is 4.74 Å². The van der Waals surface area contributed by atoms with Crippen molar-refractivity contribution in [2.45, 2.75) is 13.8 Å². The third kappa shape index (κ3) is 3.76. The van der Waals surface area contributed by atoms with Gasteiger partial charge in [0.05, 0.1) is 18.1 Å². The number of aryl methyl sites for hydroxylation is 2. The van der Waals surface area contributed by atoms with Crippen molar-refractivity contribution in [3.63, 3.8) is 0 Å². The Morgan fingerprint density at radius 1 is 1.17 bits per heavy atom. The van der Waals surface area contributed by atoms with E-state index in [0.29, 0.717) is 11.5 Å². The average Bonchev–Trinajstić information content (AvgIpc) is 2.52. The molecule has 0 aliphatic rings. The number of carbonyl (C=O) groups excluding carboxylic acids is 1. The molecule has 0 aliphatic heterocycles. The van der Waals surface area contributed by atoms with E-state index in [0.717, 1.165) is 11.1 Å². The van der Waals surface area contributed by atoms with Crippen molar-refractivity contribution < 1.29 is 19.2 Å². The molecular weight excluding hydrogens is 300 g/mol. The lowest BCUT2D eigenvalue weighted by atomic mass is 10.1. The van der Waals surface area contributed by atoms with Crippen LogP contribution in [0.2, 0.25) is 0 Å². The van der Waals surface area contributed by atoms with Gasteiger partial charge in [0, 0.05) is 0 Å². The van der Waals surface area contributed by atoms with Crippen LogP contribution in [0.25, 0.3) is 0 Å². The van der Waals surface area contributed by atoms with Crippen LogP contribution in [0.5, 0.6) is 11.5 Å². The number of anilines is 1. The minimum absolute atomic E-state index is 0.0377. The fraction of sp³-hybridized carbons (Fsp3) is 0.188. The smallest absolute Gasteiger partial charge is 0.411 e. The number of nitro benzene ring substituents is 1. The molecule has 0 unspecified atom stereocenters. The van der Waals surface area contributed by atoms with Gasteiger partial charge in [0.1, 0.15) is 17.2 Å². The van der Waals surface area contributed by atoms with E-state index in [1.807, 2.05) is 32.0 Å². The zero-order valence-electron chi connectivity index (χ0n) is 13.0. The van der Waals surface area contributed by atoms with Crippen molar-refractivity contribution in [2.75, 3.05) is 12.4 Å². The number of nitrogens with one attached hydrogen (secondary N) is 1. The molecule has 0 aliphatic carbocycles. The summed E-state index contributed by atoms with van der Waals surface area (Å²) in [6.07, 6.45) is -0.781. The standard InChI is InChI=1S/C16H16N2O5/c1-10-5-4-6-11(2)15(10)23-12-7-8-13(17-16(19)22-3)14(9-12)18(20)21/h4-9H,1-3H3,(H,17,19). The van der Waals surface area contributed by atoms with Gasteiger partial charge in [0.15, 0.2) is 0 Å². The van der Waals surface area contributed by atoms with Crippen LogP contribution in [0.1, 0.15) is 11.1 Å². The Morgan fingerprint density at radius 3 is 2.39 bits per heavy atom. The molecule has 0 saturated carbocycles. The number of hydrogen-bond acceptors (Lipinski definition) is 5. The van der Waals surface area contributed by atoms with Crippen molar-refractivity contribution in [1.82, 2.24) is 0 Å². The molecule has 23 heavy (non-hydrogen) atoms. The van der Waals surface area contributed by atoms with Gasteiger partial charge < -0.3 is 9.47 Å². The number of amides is 1. The van der Waals surface area contributed by atoms with Crippen molar-refractivity contribution in [3.05, 3.63) is 57.6 Å². The van der Waals surface area contributed by atoms with Gasteiger partial charge in [-0.25, -0.2) is 4.79 Å². The predicted octanol–water partition coefficient (Wildman–Crippen LogP) is 4.18. The van der Waals surface area contributed by atoms with Crippen LogP contribution >= 0.6 is 0 Å². The van der Waals surface area contributed by atoms with E-state index in [1.165, 1.54) is 19.2 Å². The van der Waals surface area contributed by atoms with E-state index in [4.69, 9.17) is 4.74 Å². The summed E-state index contributed by atoms with van der Waals surface area (Å²) in [5.74, 6) is 0.958. The number of benzene rings is 2. The summed E-state index contributed by atoms with van der Waals surface area (Å²) in [7, 11) is 1.18. The number of nitro groups is 1. The number of nitrogens with zero attached hydrogens (tertiary/aromatic N) is 1. The van der Waals surface area contributed by atoms with Crippen LogP contribution in [0, 0.1) is 24.0 Å². The van der Waals surface area contributed by atoms with E-state index in [9.17, 15) is 14.9 Å². The first kappa shape index (κ1) is 16.3. The number of methoxy groups -OCH3 is 1. The maximum Gasteiger partial charge on any atom is 0.411 e. The van der Waals surface area contributed by atoms with E-state index in [2.05, 4.69) is 10.1 Å². The molecule has 0 heterocycles. The average molecular weight is 316 g/mol. The number of para-hydroxylation sites is 1. The highest BCUT2D eigenvalue weighted by Gasteiger charge is 2.18. The molecule has 1 amide bonds. The number of ether oxygens (including phenoxy) is 2. The molecule has 0 aromatic heterocycles. The van der Waals surface area contributed by atoms with Gasteiger partial charge in [-0.3, -0.25) is 15.4 Å². The summed E-state index contributed by atoms with van der Waals surface area (Å²) in [5.41, 5.74) is 1.60. The molecule has 0 fully saturated rings.